The molecule has 0 saturated heterocycles. The smallest absolute Gasteiger partial charge is 0.264 e. The number of nitrogens with zero attached hydrogens (tertiary/aromatic N) is 2. The highest BCUT2D eigenvalue weighted by Gasteiger charge is 2.33. The minimum Gasteiger partial charge on any atom is -0.497 e. The van der Waals surface area contributed by atoms with E-state index < -0.39 is 40.2 Å². The van der Waals surface area contributed by atoms with E-state index in [9.17, 15) is 22.4 Å². The molecule has 0 aromatic heterocycles. The van der Waals surface area contributed by atoms with E-state index in [-0.39, 0.29) is 28.6 Å². The summed E-state index contributed by atoms with van der Waals surface area (Å²) < 4.78 is 47.1. The van der Waals surface area contributed by atoms with Gasteiger partial charge in [-0.2, -0.15) is 0 Å². The average molecular weight is 562 g/mol. The third-order valence-electron chi connectivity index (χ3n) is 5.92. The number of halogens is 2. The monoisotopic (exact) mass is 561 g/mol. The lowest BCUT2D eigenvalue weighted by Crippen LogP contribution is -2.51. The van der Waals surface area contributed by atoms with Crippen LogP contribution in [0.3, 0.4) is 0 Å². The molecule has 38 heavy (non-hydrogen) atoms. The van der Waals surface area contributed by atoms with Crippen LogP contribution >= 0.6 is 11.6 Å². The molecule has 0 radical (unpaired) electrons. The first-order chi connectivity index (χ1) is 18.1. The molecule has 1 N–H and O–H groups in total. The van der Waals surface area contributed by atoms with Crippen LogP contribution in [-0.4, -0.2) is 51.9 Å². The van der Waals surface area contributed by atoms with Crippen molar-refractivity contribution in [3.63, 3.8) is 0 Å². The van der Waals surface area contributed by atoms with Gasteiger partial charge in [0.1, 0.15) is 24.2 Å². The quantitative estimate of drug-likeness (QED) is 0.378. The Morgan fingerprint density at radius 1 is 1.05 bits per heavy atom. The number of ether oxygens (including phenoxy) is 1. The summed E-state index contributed by atoms with van der Waals surface area (Å²) in [5, 5.41) is 2.83. The van der Waals surface area contributed by atoms with Crippen molar-refractivity contribution in [1.29, 1.82) is 0 Å². The van der Waals surface area contributed by atoms with Gasteiger partial charge in [-0.25, -0.2) is 12.8 Å². The van der Waals surface area contributed by atoms with E-state index in [1.807, 2.05) is 0 Å². The van der Waals surface area contributed by atoms with Crippen molar-refractivity contribution in [2.45, 2.75) is 30.8 Å². The summed E-state index contributed by atoms with van der Waals surface area (Å²) in [5.41, 5.74) is 0.755. The second kappa shape index (κ2) is 12.7. The Labute approximate surface area is 227 Å². The summed E-state index contributed by atoms with van der Waals surface area (Å²) in [5.74, 6) is -1.00. The minimum absolute atomic E-state index is 0.0307. The summed E-state index contributed by atoms with van der Waals surface area (Å²) in [6.45, 7) is 1.11. The highest BCUT2D eigenvalue weighted by Crippen LogP contribution is 2.28. The molecule has 3 rings (SSSR count). The molecule has 0 aliphatic carbocycles. The number of carbonyl (C=O) groups excluding carboxylic acids is 2. The van der Waals surface area contributed by atoms with Crippen molar-refractivity contribution in [1.82, 2.24) is 10.2 Å². The molecule has 0 unspecified atom stereocenters. The number of hydrogen-bond acceptors (Lipinski definition) is 5. The van der Waals surface area contributed by atoms with Crippen LogP contribution in [0.1, 0.15) is 18.9 Å². The molecular weight excluding hydrogens is 533 g/mol. The minimum atomic E-state index is -4.24. The maximum Gasteiger partial charge on any atom is 0.264 e. The summed E-state index contributed by atoms with van der Waals surface area (Å²) in [6, 6.07) is 16.5. The molecule has 1 atom stereocenters. The van der Waals surface area contributed by atoms with Crippen LogP contribution in [0.2, 0.25) is 5.02 Å². The van der Waals surface area contributed by atoms with Crippen molar-refractivity contribution in [3.8, 4) is 5.75 Å². The lowest BCUT2D eigenvalue weighted by atomic mass is 10.1. The number of nitrogens with one attached hydrogen (secondary N) is 1. The second-order valence-corrected chi connectivity index (χ2v) is 10.7. The van der Waals surface area contributed by atoms with Crippen LogP contribution in [0.25, 0.3) is 0 Å². The number of carbonyl (C=O) groups is 2. The number of anilines is 1. The van der Waals surface area contributed by atoms with Gasteiger partial charge in [0.15, 0.2) is 0 Å². The van der Waals surface area contributed by atoms with Gasteiger partial charge < -0.3 is 15.0 Å². The maximum absolute atomic E-state index is 13.8. The standard InChI is InChI=1S/C27H29ClFN3O5S/c1-4-25(27(34)30-2)31(17-19-8-10-21(29)11-9-19)26(33)18-32(22-7-5-6-20(28)16-22)38(35,36)24-14-12-23(37-3)13-15-24/h5-16,25H,4,17-18H2,1-3H3,(H,30,34)/t25-/m1/s1. The largest absolute Gasteiger partial charge is 0.497 e. The van der Waals surface area contributed by atoms with Crippen LogP contribution in [0.15, 0.2) is 77.7 Å². The normalized spacial score (nSPS) is 11.9. The summed E-state index contributed by atoms with van der Waals surface area (Å²) >= 11 is 6.16. The molecule has 0 fully saturated rings. The number of methoxy groups -OCH3 is 1. The van der Waals surface area contributed by atoms with E-state index in [1.54, 1.807) is 19.1 Å². The lowest BCUT2D eigenvalue weighted by Gasteiger charge is -2.33. The SMILES string of the molecule is CC[C@H](C(=O)NC)N(Cc1ccc(F)cc1)C(=O)CN(c1cccc(Cl)c1)S(=O)(=O)c1ccc(OC)cc1. The van der Waals surface area contributed by atoms with Crippen molar-refractivity contribution in [2.75, 3.05) is 25.0 Å². The zero-order valence-corrected chi connectivity index (χ0v) is 22.8. The summed E-state index contributed by atoms with van der Waals surface area (Å²) in [6.07, 6.45) is 0.273. The molecule has 2 amide bonds. The fourth-order valence-corrected chi connectivity index (χ4v) is 5.50. The summed E-state index contributed by atoms with van der Waals surface area (Å²) in [4.78, 5) is 27.7. The Bertz CT molecular complexity index is 1370. The molecule has 3 aromatic rings. The number of benzene rings is 3. The highest BCUT2D eigenvalue weighted by atomic mass is 35.5. The van der Waals surface area contributed by atoms with Gasteiger partial charge in [0.2, 0.25) is 11.8 Å². The van der Waals surface area contributed by atoms with Gasteiger partial charge in [-0.15, -0.1) is 0 Å². The fraction of sp³-hybridized carbons (Fsp3) is 0.259. The van der Waals surface area contributed by atoms with E-state index in [1.165, 1.54) is 79.7 Å². The number of hydrogen-bond donors (Lipinski definition) is 1. The molecule has 3 aromatic carbocycles. The molecule has 8 nitrogen and oxygen atoms in total. The third-order valence-corrected chi connectivity index (χ3v) is 7.94. The average Bonchev–Trinajstić information content (AvgIpc) is 2.92. The summed E-state index contributed by atoms with van der Waals surface area (Å²) in [7, 11) is -1.32. The molecule has 0 heterocycles. The van der Waals surface area contributed by atoms with Crippen molar-refractivity contribution in [2.24, 2.45) is 0 Å². The number of rotatable bonds is 11. The number of amides is 2. The van der Waals surface area contributed by atoms with Gasteiger partial charge in [0.05, 0.1) is 17.7 Å². The second-order valence-electron chi connectivity index (χ2n) is 8.35. The molecule has 11 heteroatoms. The van der Waals surface area contributed by atoms with Crippen LogP contribution in [0, 0.1) is 5.82 Å². The number of sulfonamides is 1. The van der Waals surface area contributed by atoms with E-state index in [4.69, 9.17) is 16.3 Å². The topological polar surface area (TPSA) is 96.0 Å². The lowest BCUT2D eigenvalue weighted by molar-refractivity contribution is -0.140. The van der Waals surface area contributed by atoms with E-state index in [0.717, 1.165) is 4.31 Å². The predicted molar refractivity (Wildman–Crippen MR) is 144 cm³/mol. The van der Waals surface area contributed by atoms with E-state index >= 15 is 0 Å². The van der Waals surface area contributed by atoms with Crippen LogP contribution in [0.4, 0.5) is 10.1 Å². The van der Waals surface area contributed by atoms with Gasteiger partial charge in [0, 0.05) is 18.6 Å². The van der Waals surface area contributed by atoms with Gasteiger partial charge in [-0.05, 0) is 66.6 Å². The first-order valence-corrected chi connectivity index (χ1v) is 13.6. The molecule has 0 aliphatic heterocycles. The third kappa shape index (κ3) is 6.81. The Hall–Kier alpha value is -3.63. The van der Waals surface area contributed by atoms with Crippen LogP contribution < -0.4 is 14.4 Å². The Balaban J connectivity index is 2.05. The van der Waals surface area contributed by atoms with Crippen LogP contribution in [0.5, 0.6) is 5.75 Å². The fourth-order valence-electron chi connectivity index (χ4n) is 3.91. The van der Waals surface area contributed by atoms with Gasteiger partial charge >= 0.3 is 0 Å². The first-order valence-electron chi connectivity index (χ1n) is 11.8. The Morgan fingerprint density at radius 3 is 2.26 bits per heavy atom. The highest BCUT2D eigenvalue weighted by molar-refractivity contribution is 7.92. The van der Waals surface area contributed by atoms with Crippen molar-refractivity contribution < 1.29 is 27.1 Å². The molecule has 202 valence electrons. The predicted octanol–water partition coefficient (Wildman–Crippen LogP) is 4.24. The van der Waals surface area contributed by atoms with Crippen molar-refractivity contribution >= 4 is 39.1 Å². The van der Waals surface area contributed by atoms with Crippen molar-refractivity contribution in [3.05, 3.63) is 89.2 Å². The molecule has 0 bridgehead atoms. The van der Waals surface area contributed by atoms with E-state index in [0.29, 0.717) is 11.3 Å². The maximum atomic E-state index is 13.8. The Kier molecular flexibility index (Phi) is 9.71. The van der Waals surface area contributed by atoms with Crippen LogP contribution in [-0.2, 0) is 26.2 Å². The van der Waals surface area contributed by atoms with E-state index in [2.05, 4.69) is 5.32 Å². The van der Waals surface area contributed by atoms with Gasteiger partial charge in [-0.3, -0.25) is 13.9 Å². The van der Waals surface area contributed by atoms with Gasteiger partial charge in [0.25, 0.3) is 10.0 Å². The molecular formula is C27H29ClFN3O5S. The zero-order valence-electron chi connectivity index (χ0n) is 21.2. The zero-order chi connectivity index (χ0) is 27.9. The molecule has 0 spiro atoms. The Morgan fingerprint density at radius 2 is 1.71 bits per heavy atom. The first kappa shape index (κ1) is 28.9. The van der Waals surface area contributed by atoms with Gasteiger partial charge in [-0.1, -0.05) is 36.7 Å². The molecule has 0 aliphatic rings. The molecule has 0 saturated carbocycles. The number of likely N-dealkylation sites (N-methyl/N-ethyl adjacent to an activating group) is 1.